The number of halogens is 2. The Hall–Kier alpha value is -1.39. The van der Waals surface area contributed by atoms with Crippen molar-refractivity contribution in [2.75, 3.05) is 19.0 Å². The molecular formula is C12H17F2N4O12P3. The third-order valence-electron chi connectivity index (χ3n) is 4.35. The second-order valence-corrected chi connectivity index (χ2v) is 11.1. The summed E-state index contributed by atoms with van der Waals surface area (Å²) in [6.07, 6.45) is -4.07. The Kier molecular flexibility index (Phi) is 7.15. The Labute approximate surface area is 182 Å². The third kappa shape index (κ3) is 5.65. The molecule has 0 bridgehead atoms. The van der Waals surface area contributed by atoms with Crippen molar-refractivity contribution in [3.05, 3.63) is 18.6 Å². The molecule has 1 aliphatic heterocycles. The Morgan fingerprint density at radius 1 is 1.18 bits per heavy atom. The van der Waals surface area contributed by atoms with Crippen LogP contribution in [0.1, 0.15) is 6.23 Å². The fourth-order valence-corrected chi connectivity index (χ4v) is 6.01. The molecule has 7 N–H and O–H groups in total. The predicted molar refractivity (Wildman–Crippen MR) is 101 cm³/mol. The van der Waals surface area contributed by atoms with Gasteiger partial charge >= 0.3 is 23.5 Å². The second-order valence-electron chi connectivity index (χ2n) is 6.68. The summed E-state index contributed by atoms with van der Waals surface area (Å²) in [6, 6.07) is 1.41. The molecule has 2 aromatic rings. The normalized spacial score (nSPS) is 29.7. The number of imidazole rings is 1. The number of anilines is 1. The largest absolute Gasteiger partial charge is 0.490 e. The Balaban J connectivity index is 1.80. The van der Waals surface area contributed by atoms with Gasteiger partial charge in [-0.2, -0.15) is 8.62 Å². The van der Waals surface area contributed by atoms with Crippen molar-refractivity contribution in [1.82, 2.24) is 14.5 Å². The topological polar surface area (TPSA) is 246 Å². The zero-order valence-corrected chi connectivity index (χ0v) is 18.7. The van der Waals surface area contributed by atoms with Crippen LogP contribution in [-0.4, -0.2) is 70.4 Å². The Morgan fingerprint density at radius 2 is 1.85 bits per heavy atom. The molecule has 0 saturated carbocycles. The average Bonchev–Trinajstić information content (AvgIpc) is 3.19. The minimum Gasteiger partial charge on any atom is -0.397 e. The highest BCUT2D eigenvalue weighted by molar-refractivity contribution is 7.66. The molecule has 3 rings (SSSR count). The number of nitrogens with two attached hydrogens (primary N) is 1. The Bertz CT molecular complexity index is 1180. The number of alkyl halides is 2. The van der Waals surface area contributed by atoms with Gasteiger partial charge in [-0.15, -0.1) is 0 Å². The molecule has 0 amide bonds. The number of nitrogen functional groups attached to an aromatic ring is 1. The van der Waals surface area contributed by atoms with Gasteiger partial charge in [0, 0.05) is 6.20 Å². The summed E-state index contributed by atoms with van der Waals surface area (Å²) in [7, 11) is -17.2. The molecule has 2 unspecified atom stereocenters. The van der Waals surface area contributed by atoms with E-state index in [0.29, 0.717) is 0 Å². The average molecular weight is 540 g/mol. The maximum Gasteiger partial charge on any atom is 0.490 e. The molecular weight excluding hydrogens is 523 g/mol. The molecule has 2 aromatic heterocycles. The number of hydrogen-bond acceptors (Lipinski definition) is 11. The first-order valence-electron chi connectivity index (χ1n) is 8.51. The molecule has 186 valence electrons. The van der Waals surface area contributed by atoms with Crippen LogP contribution in [0.4, 0.5) is 14.5 Å². The lowest BCUT2D eigenvalue weighted by molar-refractivity contribution is -0.134. The molecule has 0 aliphatic carbocycles. The van der Waals surface area contributed by atoms with E-state index >= 15 is 0 Å². The first kappa shape index (κ1) is 26.2. The van der Waals surface area contributed by atoms with Crippen LogP contribution in [-0.2, 0) is 31.6 Å². The van der Waals surface area contributed by atoms with Gasteiger partial charge < -0.3 is 35.2 Å². The van der Waals surface area contributed by atoms with E-state index in [1.165, 1.54) is 12.3 Å². The minimum atomic E-state index is -5.84. The molecule has 33 heavy (non-hydrogen) atoms. The van der Waals surface area contributed by atoms with Crippen molar-refractivity contribution in [3.8, 4) is 0 Å². The van der Waals surface area contributed by atoms with Crippen molar-refractivity contribution < 1.29 is 65.0 Å². The van der Waals surface area contributed by atoms with Gasteiger partial charge in [0.1, 0.15) is 18.3 Å². The van der Waals surface area contributed by atoms with Crippen LogP contribution < -0.4 is 5.73 Å². The molecule has 3 heterocycles. The van der Waals surface area contributed by atoms with Crippen LogP contribution >= 0.6 is 23.5 Å². The number of nitrogens with zero attached hydrogens (tertiary/aromatic N) is 3. The van der Waals surface area contributed by atoms with Crippen molar-refractivity contribution in [2.45, 2.75) is 24.1 Å². The predicted octanol–water partition coefficient (Wildman–Crippen LogP) is 0.293. The maximum absolute atomic E-state index is 14.9. The number of rotatable bonds is 9. The SMILES string of the molecule is Nc1ccnc2c1ncn2[C@@H]1O[C@](CF)(COP(=O)(O)OP(=O)(O)OP(=O)(O)O)[C@@H](O)[C@H]1F. The van der Waals surface area contributed by atoms with E-state index in [-0.39, 0.29) is 16.9 Å². The van der Waals surface area contributed by atoms with Gasteiger partial charge in [0.25, 0.3) is 0 Å². The summed E-state index contributed by atoms with van der Waals surface area (Å²) < 4.78 is 80.3. The van der Waals surface area contributed by atoms with E-state index in [0.717, 1.165) is 10.9 Å². The number of pyridine rings is 1. The number of phosphoric ester groups is 1. The van der Waals surface area contributed by atoms with E-state index in [2.05, 4.69) is 23.1 Å². The molecule has 1 saturated heterocycles. The molecule has 21 heteroatoms. The highest BCUT2D eigenvalue weighted by atomic mass is 31.3. The lowest BCUT2D eigenvalue weighted by Gasteiger charge is -2.29. The third-order valence-corrected chi connectivity index (χ3v) is 8.13. The molecule has 0 aromatic carbocycles. The quantitative estimate of drug-likeness (QED) is 0.234. The van der Waals surface area contributed by atoms with Crippen LogP contribution in [0.15, 0.2) is 18.6 Å². The monoisotopic (exact) mass is 540 g/mol. The van der Waals surface area contributed by atoms with Gasteiger partial charge in [0.15, 0.2) is 23.6 Å². The van der Waals surface area contributed by atoms with E-state index < -0.39 is 60.9 Å². The number of aliphatic hydroxyl groups excluding tert-OH is 1. The number of phosphoric acid groups is 3. The number of hydrogen-bond donors (Lipinski definition) is 6. The molecule has 1 aliphatic rings. The van der Waals surface area contributed by atoms with Gasteiger partial charge in [-0.1, -0.05) is 0 Å². The minimum absolute atomic E-state index is 0.0115. The zero-order valence-electron chi connectivity index (χ0n) is 16.0. The molecule has 1 fully saturated rings. The van der Waals surface area contributed by atoms with E-state index in [1.807, 2.05) is 0 Å². The summed E-state index contributed by atoms with van der Waals surface area (Å²) in [5, 5.41) is 10.2. The standard InChI is InChI=1S/C12H17F2N4O12P3/c13-3-12(4-27-32(23,24)30-33(25,26)29-31(20,21)22)9(19)7(14)11(28-12)18-5-17-8-6(15)1-2-16-10(8)18/h1-2,5,7,9,11,19H,3-4H2,(H2,15,16)(H,23,24)(H,25,26)(H2,20,21,22)/t7-,9+,11-,12-/m1/s1. The fourth-order valence-electron chi connectivity index (χ4n) is 2.93. The van der Waals surface area contributed by atoms with Crippen molar-refractivity contribution >= 4 is 40.3 Å². The molecule has 0 radical (unpaired) electrons. The highest BCUT2D eigenvalue weighted by Gasteiger charge is 2.58. The molecule has 6 atom stereocenters. The second kappa shape index (κ2) is 9.00. The van der Waals surface area contributed by atoms with E-state index in [1.54, 1.807) is 0 Å². The molecule has 0 spiro atoms. The number of aromatic nitrogens is 3. The summed E-state index contributed by atoms with van der Waals surface area (Å²) in [6.45, 7) is -3.09. The van der Waals surface area contributed by atoms with Gasteiger partial charge in [0.05, 0.1) is 18.6 Å². The number of fused-ring (bicyclic) bond motifs is 1. The lowest BCUT2D eigenvalue weighted by Crippen LogP contribution is -2.48. The van der Waals surface area contributed by atoms with Crippen LogP contribution in [0.5, 0.6) is 0 Å². The van der Waals surface area contributed by atoms with Crippen LogP contribution in [0, 0.1) is 0 Å². The first-order valence-corrected chi connectivity index (χ1v) is 13.0. The summed E-state index contributed by atoms with van der Waals surface area (Å²) in [5.74, 6) is 0. The highest BCUT2D eigenvalue weighted by Crippen LogP contribution is 2.66. The maximum atomic E-state index is 14.9. The summed E-state index contributed by atoms with van der Waals surface area (Å²) in [4.78, 5) is 43.6. The fraction of sp³-hybridized carbons (Fsp3) is 0.500. The number of ether oxygens (including phenoxy) is 1. The van der Waals surface area contributed by atoms with Crippen LogP contribution in [0.25, 0.3) is 11.2 Å². The van der Waals surface area contributed by atoms with Gasteiger partial charge in [-0.3, -0.25) is 9.09 Å². The summed E-state index contributed by atoms with van der Waals surface area (Å²) >= 11 is 0. The van der Waals surface area contributed by atoms with Gasteiger partial charge in [0.2, 0.25) is 0 Å². The van der Waals surface area contributed by atoms with Gasteiger partial charge in [-0.05, 0) is 6.07 Å². The van der Waals surface area contributed by atoms with Gasteiger partial charge in [-0.25, -0.2) is 32.4 Å². The van der Waals surface area contributed by atoms with Crippen LogP contribution in [0.3, 0.4) is 0 Å². The smallest absolute Gasteiger partial charge is 0.397 e. The van der Waals surface area contributed by atoms with E-state index in [9.17, 15) is 32.5 Å². The molecule has 16 nitrogen and oxygen atoms in total. The van der Waals surface area contributed by atoms with Crippen LogP contribution in [0.2, 0.25) is 0 Å². The number of aliphatic hydroxyl groups is 1. The van der Waals surface area contributed by atoms with E-state index in [4.69, 9.17) is 25.2 Å². The van der Waals surface area contributed by atoms with Crippen molar-refractivity contribution in [1.29, 1.82) is 0 Å². The summed E-state index contributed by atoms with van der Waals surface area (Å²) in [5.41, 5.74) is 3.46. The Morgan fingerprint density at radius 3 is 2.45 bits per heavy atom. The lowest BCUT2D eigenvalue weighted by atomic mass is 9.98. The first-order chi connectivity index (χ1) is 15.1. The zero-order chi connectivity index (χ0) is 24.8. The van der Waals surface area contributed by atoms with Crippen molar-refractivity contribution in [3.63, 3.8) is 0 Å². The van der Waals surface area contributed by atoms with Crippen molar-refractivity contribution in [2.24, 2.45) is 0 Å².